The van der Waals surface area contributed by atoms with Crippen molar-refractivity contribution in [1.82, 2.24) is 10.2 Å². The maximum absolute atomic E-state index is 3.66. The fraction of sp³-hybridized carbons (Fsp3) is 1.00. The van der Waals surface area contributed by atoms with Crippen LogP contribution in [0.1, 0.15) is 72.1 Å². The van der Waals surface area contributed by atoms with Crippen molar-refractivity contribution in [3.63, 3.8) is 0 Å². The zero-order chi connectivity index (χ0) is 14.6. The first-order valence-corrected chi connectivity index (χ1v) is 8.87. The third kappa shape index (κ3) is 4.21. The van der Waals surface area contributed by atoms with Crippen LogP contribution in [0.4, 0.5) is 0 Å². The molecule has 2 aliphatic rings. The van der Waals surface area contributed by atoms with Gasteiger partial charge in [0.25, 0.3) is 0 Å². The number of hydrogen-bond acceptors (Lipinski definition) is 2. The number of rotatable bonds is 5. The largest absolute Gasteiger partial charge is 0.316 e. The molecule has 0 aromatic carbocycles. The van der Waals surface area contributed by atoms with E-state index in [0.717, 1.165) is 6.04 Å². The summed E-state index contributed by atoms with van der Waals surface area (Å²) >= 11 is 0. The van der Waals surface area contributed by atoms with Crippen LogP contribution in [0.2, 0.25) is 0 Å². The van der Waals surface area contributed by atoms with E-state index in [0.29, 0.717) is 10.8 Å². The SMILES string of the molecule is CCCC1(CN(C)C2CCC(C)(C)CC2)CCCNC1. The third-order valence-corrected chi connectivity index (χ3v) is 5.86. The minimum Gasteiger partial charge on any atom is -0.316 e. The monoisotopic (exact) mass is 280 g/mol. The van der Waals surface area contributed by atoms with Gasteiger partial charge in [0.1, 0.15) is 0 Å². The van der Waals surface area contributed by atoms with Crippen molar-refractivity contribution in [1.29, 1.82) is 0 Å². The van der Waals surface area contributed by atoms with Crippen molar-refractivity contribution in [2.45, 2.75) is 78.2 Å². The van der Waals surface area contributed by atoms with E-state index in [9.17, 15) is 0 Å². The molecule has 0 amide bonds. The molecule has 1 atom stereocenters. The molecule has 0 bridgehead atoms. The van der Waals surface area contributed by atoms with E-state index >= 15 is 0 Å². The van der Waals surface area contributed by atoms with Gasteiger partial charge in [0.05, 0.1) is 0 Å². The summed E-state index contributed by atoms with van der Waals surface area (Å²) in [6.07, 6.45) is 11.1. The first-order chi connectivity index (χ1) is 9.46. The Morgan fingerprint density at radius 3 is 2.40 bits per heavy atom. The fourth-order valence-electron chi connectivity index (χ4n) is 4.47. The molecule has 1 aliphatic carbocycles. The van der Waals surface area contributed by atoms with E-state index in [1.165, 1.54) is 71.0 Å². The summed E-state index contributed by atoms with van der Waals surface area (Å²) in [4.78, 5) is 2.71. The molecular formula is C18H36N2. The van der Waals surface area contributed by atoms with E-state index in [1.54, 1.807) is 0 Å². The minimum absolute atomic E-state index is 0.550. The van der Waals surface area contributed by atoms with Gasteiger partial charge in [-0.15, -0.1) is 0 Å². The summed E-state index contributed by atoms with van der Waals surface area (Å²) in [6.45, 7) is 11.0. The molecule has 1 aliphatic heterocycles. The van der Waals surface area contributed by atoms with Gasteiger partial charge >= 0.3 is 0 Å². The van der Waals surface area contributed by atoms with Gasteiger partial charge < -0.3 is 10.2 Å². The Hall–Kier alpha value is -0.0800. The van der Waals surface area contributed by atoms with E-state index in [-0.39, 0.29) is 0 Å². The molecule has 2 heteroatoms. The van der Waals surface area contributed by atoms with Crippen LogP contribution in [0.5, 0.6) is 0 Å². The van der Waals surface area contributed by atoms with Gasteiger partial charge in [0, 0.05) is 19.1 Å². The van der Waals surface area contributed by atoms with Crippen molar-refractivity contribution in [2.75, 3.05) is 26.7 Å². The molecule has 2 rings (SSSR count). The fourth-order valence-corrected chi connectivity index (χ4v) is 4.47. The van der Waals surface area contributed by atoms with Crippen molar-refractivity contribution in [2.24, 2.45) is 10.8 Å². The van der Waals surface area contributed by atoms with Crippen LogP contribution < -0.4 is 5.32 Å². The van der Waals surface area contributed by atoms with Gasteiger partial charge in [-0.2, -0.15) is 0 Å². The Balaban J connectivity index is 1.89. The first-order valence-electron chi connectivity index (χ1n) is 8.87. The molecule has 2 fully saturated rings. The van der Waals surface area contributed by atoms with Crippen molar-refractivity contribution in [3.8, 4) is 0 Å². The van der Waals surface area contributed by atoms with Crippen LogP contribution in [0.3, 0.4) is 0 Å². The van der Waals surface area contributed by atoms with Crippen molar-refractivity contribution in [3.05, 3.63) is 0 Å². The van der Waals surface area contributed by atoms with Crippen LogP contribution >= 0.6 is 0 Å². The molecule has 0 spiro atoms. The summed E-state index contributed by atoms with van der Waals surface area (Å²) in [5, 5.41) is 3.66. The Labute approximate surface area is 126 Å². The van der Waals surface area contributed by atoms with E-state index in [1.807, 2.05) is 0 Å². The second kappa shape index (κ2) is 6.79. The lowest BCUT2D eigenvalue weighted by molar-refractivity contribution is 0.0638. The molecule has 2 nitrogen and oxygen atoms in total. The van der Waals surface area contributed by atoms with E-state index < -0.39 is 0 Å². The Bertz CT molecular complexity index is 276. The second-order valence-electron chi connectivity index (χ2n) is 8.34. The lowest BCUT2D eigenvalue weighted by Crippen LogP contribution is -2.49. The predicted molar refractivity (Wildman–Crippen MR) is 88.1 cm³/mol. The number of nitrogens with one attached hydrogen (secondary N) is 1. The lowest BCUT2D eigenvalue weighted by Gasteiger charge is -2.45. The summed E-state index contributed by atoms with van der Waals surface area (Å²) in [7, 11) is 2.38. The van der Waals surface area contributed by atoms with Crippen molar-refractivity contribution >= 4 is 0 Å². The van der Waals surface area contributed by atoms with Gasteiger partial charge in [-0.05, 0) is 69.4 Å². The van der Waals surface area contributed by atoms with E-state index in [2.05, 4.69) is 38.0 Å². The molecule has 118 valence electrons. The molecule has 1 unspecified atom stereocenters. The normalized spacial score (nSPS) is 31.6. The average molecular weight is 280 g/mol. The first kappa shape index (κ1) is 16.3. The molecule has 1 saturated heterocycles. The van der Waals surface area contributed by atoms with Crippen LogP contribution in [0, 0.1) is 10.8 Å². The molecule has 0 aromatic rings. The predicted octanol–water partition coefficient (Wildman–Crippen LogP) is 4.06. The topological polar surface area (TPSA) is 15.3 Å². The van der Waals surface area contributed by atoms with Crippen LogP contribution in [-0.2, 0) is 0 Å². The maximum Gasteiger partial charge on any atom is 0.00928 e. The highest BCUT2D eigenvalue weighted by molar-refractivity contribution is 4.90. The zero-order valence-electron chi connectivity index (χ0n) is 14.3. The van der Waals surface area contributed by atoms with Crippen LogP contribution in [0.25, 0.3) is 0 Å². The van der Waals surface area contributed by atoms with Crippen molar-refractivity contribution < 1.29 is 0 Å². The average Bonchev–Trinajstić information content (AvgIpc) is 2.39. The summed E-state index contributed by atoms with van der Waals surface area (Å²) in [5.41, 5.74) is 1.14. The van der Waals surface area contributed by atoms with E-state index in [4.69, 9.17) is 0 Å². The molecule has 1 saturated carbocycles. The molecule has 1 N–H and O–H groups in total. The highest BCUT2D eigenvalue weighted by Gasteiger charge is 2.35. The Morgan fingerprint density at radius 2 is 1.85 bits per heavy atom. The second-order valence-corrected chi connectivity index (χ2v) is 8.34. The molecule has 20 heavy (non-hydrogen) atoms. The summed E-state index contributed by atoms with van der Waals surface area (Å²) < 4.78 is 0. The summed E-state index contributed by atoms with van der Waals surface area (Å²) in [5.74, 6) is 0. The third-order valence-electron chi connectivity index (χ3n) is 5.86. The maximum atomic E-state index is 3.66. The Kier molecular flexibility index (Phi) is 5.53. The van der Waals surface area contributed by atoms with Gasteiger partial charge in [-0.1, -0.05) is 27.2 Å². The van der Waals surface area contributed by atoms with Gasteiger partial charge in [0.15, 0.2) is 0 Å². The number of hydrogen-bond donors (Lipinski definition) is 1. The van der Waals surface area contributed by atoms with Crippen LogP contribution in [0.15, 0.2) is 0 Å². The highest BCUT2D eigenvalue weighted by Crippen LogP contribution is 2.38. The molecular weight excluding hydrogens is 244 g/mol. The van der Waals surface area contributed by atoms with Gasteiger partial charge in [-0.3, -0.25) is 0 Å². The molecule has 1 heterocycles. The lowest BCUT2D eigenvalue weighted by atomic mass is 9.73. The summed E-state index contributed by atoms with van der Waals surface area (Å²) in [6, 6.07) is 0.832. The molecule has 0 aromatic heterocycles. The zero-order valence-corrected chi connectivity index (χ0v) is 14.3. The standard InChI is InChI=1S/C18H36N2/c1-5-9-18(10-6-13-19-14-18)15-20(4)16-7-11-17(2,3)12-8-16/h16,19H,5-15H2,1-4H3. The minimum atomic E-state index is 0.550. The quantitative estimate of drug-likeness (QED) is 0.817. The van der Waals surface area contributed by atoms with Crippen LogP contribution in [-0.4, -0.2) is 37.6 Å². The number of piperidine rings is 1. The number of nitrogens with zero attached hydrogens (tertiary/aromatic N) is 1. The smallest absolute Gasteiger partial charge is 0.00928 e. The molecule has 0 radical (unpaired) electrons. The van der Waals surface area contributed by atoms with Gasteiger partial charge in [-0.25, -0.2) is 0 Å². The van der Waals surface area contributed by atoms with Gasteiger partial charge in [0.2, 0.25) is 0 Å². The highest BCUT2D eigenvalue weighted by atomic mass is 15.1. The Morgan fingerprint density at radius 1 is 1.15 bits per heavy atom.